The van der Waals surface area contributed by atoms with Gasteiger partial charge in [0.05, 0.1) is 26.9 Å². The monoisotopic (exact) mass is 402 g/mol. The number of benzene rings is 2. The van der Waals surface area contributed by atoms with Crippen LogP contribution in [0.25, 0.3) is 0 Å². The van der Waals surface area contributed by atoms with Crippen molar-refractivity contribution in [2.75, 3.05) is 34.5 Å². The van der Waals surface area contributed by atoms with E-state index in [4.69, 9.17) is 23.7 Å². The third kappa shape index (κ3) is 5.71. The summed E-state index contributed by atoms with van der Waals surface area (Å²) in [7, 11) is 4.35. The molecule has 2 aromatic rings. The largest absolute Gasteiger partial charge is 0.497 e. The summed E-state index contributed by atoms with van der Waals surface area (Å²) in [5.41, 5.74) is 0.722. The topological polar surface area (TPSA) is 97.4 Å². The summed E-state index contributed by atoms with van der Waals surface area (Å²) in [5.74, 6) is 0.152. The zero-order chi connectivity index (χ0) is 21.4. The molecule has 2 aromatic carbocycles. The predicted octanol–water partition coefficient (Wildman–Crippen LogP) is 2.72. The summed E-state index contributed by atoms with van der Waals surface area (Å²) in [6.45, 7) is 0.537. The highest BCUT2D eigenvalue weighted by atomic mass is 16.6. The second kappa shape index (κ2) is 10.1. The molecule has 0 amide bonds. The van der Waals surface area contributed by atoms with Crippen molar-refractivity contribution >= 4 is 17.5 Å². The van der Waals surface area contributed by atoms with E-state index in [0.29, 0.717) is 22.8 Å². The number of esters is 1. The fourth-order valence-corrected chi connectivity index (χ4v) is 2.44. The maximum absolute atomic E-state index is 12.3. The SMILES string of the molecule is COc1ccc(C(=O)COC(=O)COc2ccc(C(C)=O)cc2OC)c(OC)c1. The van der Waals surface area contributed by atoms with Crippen molar-refractivity contribution in [3.63, 3.8) is 0 Å². The molecule has 0 spiro atoms. The minimum atomic E-state index is -0.733. The molecule has 0 radical (unpaired) electrons. The van der Waals surface area contributed by atoms with Crippen molar-refractivity contribution in [1.29, 1.82) is 0 Å². The van der Waals surface area contributed by atoms with Crippen LogP contribution in [0.1, 0.15) is 27.6 Å². The molecule has 0 N–H and O–H groups in total. The number of hydrogen-bond acceptors (Lipinski definition) is 8. The van der Waals surface area contributed by atoms with Crippen LogP contribution in [0.2, 0.25) is 0 Å². The van der Waals surface area contributed by atoms with E-state index < -0.39 is 25.0 Å². The first-order valence-corrected chi connectivity index (χ1v) is 8.62. The van der Waals surface area contributed by atoms with Gasteiger partial charge in [0, 0.05) is 11.6 Å². The van der Waals surface area contributed by atoms with Crippen molar-refractivity contribution < 1.29 is 38.1 Å². The van der Waals surface area contributed by atoms with Gasteiger partial charge in [0.25, 0.3) is 0 Å². The zero-order valence-corrected chi connectivity index (χ0v) is 16.6. The highest BCUT2D eigenvalue weighted by molar-refractivity contribution is 6.00. The molecule has 0 saturated carbocycles. The number of ketones is 2. The van der Waals surface area contributed by atoms with Crippen molar-refractivity contribution in [2.45, 2.75) is 6.92 Å². The van der Waals surface area contributed by atoms with E-state index in [1.165, 1.54) is 46.5 Å². The van der Waals surface area contributed by atoms with Crippen LogP contribution in [0, 0.1) is 0 Å². The molecule has 8 heteroatoms. The third-order valence-corrected chi connectivity index (χ3v) is 3.99. The van der Waals surface area contributed by atoms with Crippen LogP contribution in [0.15, 0.2) is 36.4 Å². The van der Waals surface area contributed by atoms with Gasteiger partial charge in [-0.05, 0) is 37.3 Å². The summed E-state index contributed by atoms with van der Waals surface area (Å²) >= 11 is 0. The molecule has 154 valence electrons. The summed E-state index contributed by atoms with van der Waals surface area (Å²) in [4.78, 5) is 35.7. The fourth-order valence-electron chi connectivity index (χ4n) is 2.44. The van der Waals surface area contributed by atoms with E-state index >= 15 is 0 Å². The first-order valence-electron chi connectivity index (χ1n) is 8.62. The third-order valence-electron chi connectivity index (χ3n) is 3.99. The first kappa shape index (κ1) is 21.7. The molecule has 0 heterocycles. The lowest BCUT2D eigenvalue weighted by Gasteiger charge is -2.12. The predicted molar refractivity (Wildman–Crippen MR) is 103 cm³/mol. The second-order valence-electron chi connectivity index (χ2n) is 5.86. The van der Waals surface area contributed by atoms with Crippen molar-refractivity contribution in [1.82, 2.24) is 0 Å². The van der Waals surface area contributed by atoms with Gasteiger partial charge in [-0.3, -0.25) is 9.59 Å². The number of hydrogen-bond donors (Lipinski definition) is 0. The van der Waals surface area contributed by atoms with Crippen LogP contribution in [0.4, 0.5) is 0 Å². The first-order chi connectivity index (χ1) is 13.9. The van der Waals surface area contributed by atoms with E-state index in [2.05, 4.69) is 0 Å². The van der Waals surface area contributed by atoms with Crippen molar-refractivity contribution in [2.24, 2.45) is 0 Å². The molecule has 0 unspecified atom stereocenters. The maximum Gasteiger partial charge on any atom is 0.344 e. The molecular weight excluding hydrogens is 380 g/mol. The smallest absolute Gasteiger partial charge is 0.344 e. The van der Waals surface area contributed by atoms with Gasteiger partial charge in [-0.25, -0.2) is 4.79 Å². The summed E-state index contributed by atoms with van der Waals surface area (Å²) in [6, 6.07) is 9.31. The van der Waals surface area contributed by atoms with Crippen LogP contribution in [-0.2, 0) is 9.53 Å². The summed E-state index contributed by atoms with van der Waals surface area (Å²) < 4.78 is 25.8. The van der Waals surface area contributed by atoms with Crippen LogP contribution in [0.5, 0.6) is 23.0 Å². The molecular formula is C21H22O8. The number of methoxy groups -OCH3 is 3. The number of carbonyl (C=O) groups is 3. The molecule has 2 rings (SSSR count). The van der Waals surface area contributed by atoms with Gasteiger partial charge >= 0.3 is 5.97 Å². The number of ether oxygens (including phenoxy) is 5. The maximum atomic E-state index is 12.3. The molecule has 29 heavy (non-hydrogen) atoms. The van der Waals surface area contributed by atoms with E-state index in [1.54, 1.807) is 18.2 Å². The molecule has 0 fully saturated rings. The molecule has 0 atom stereocenters. The lowest BCUT2D eigenvalue weighted by molar-refractivity contribution is -0.144. The number of carbonyl (C=O) groups excluding carboxylic acids is 3. The van der Waals surface area contributed by atoms with Crippen LogP contribution >= 0.6 is 0 Å². The van der Waals surface area contributed by atoms with Gasteiger partial charge in [0.1, 0.15) is 11.5 Å². The Morgan fingerprint density at radius 1 is 0.793 bits per heavy atom. The van der Waals surface area contributed by atoms with E-state index in [0.717, 1.165) is 0 Å². The van der Waals surface area contributed by atoms with E-state index in [1.807, 2.05) is 0 Å². The second-order valence-corrected chi connectivity index (χ2v) is 5.86. The fraction of sp³-hybridized carbons (Fsp3) is 0.286. The highest BCUT2D eigenvalue weighted by Gasteiger charge is 2.16. The molecule has 8 nitrogen and oxygen atoms in total. The Morgan fingerprint density at radius 2 is 1.52 bits per heavy atom. The standard InChI is InChI=1S/C21H22O8/c1-13(22)14-5-8-18(20(9-14)27-4)28-12-21(24)29-11-17(23)16-7-6-15(25-2)10-19(16)26-3/h5-10H,11-12H2,1-4H3. The Kier molecular flexibility index (Phi) is 7.59. The molecule has 0 aliphatic rings. The lowest BCUT2D eigenvalue weighted by atomic mass is 10.1. The molecule has 0 aromatic heterocycles. The Labute approximate surface area is 168 Å². The zero-order valence-electron chi connectivity index (χ0n) is 16.6. The van der Waals surface area contributed by atoms with E-state index in [-0.39, 0.29) is 17.1 Å². The van der Waals surface area contributed by atoms with Crippen LogP contribution in [0.3, 0.4) is 0 Å². The quantitative estimate of drug-likeness (QED) is 0.442. The summed E-state index contributed by atoms with van der Waals surface area (Å²) in [5, 5.41) is 0. The van der Waals surface area contributed by atoms with Gasteiger partial charge in [-0.2, -0.15) is 0 Å². The number of rotatable bonds is 10. The molecule has 0 aliphatic heterocycles. The average Bonchev–Trinajstić information content (AvgIpc) is 2.75. The molecule has 0 saturated heterocycles. The van der Waals surface area contributed by atoms with Crippen molar-refractivity contribution in [3.05, 3.63) is 47.5 Å². The highest BCUT2D eigenvalue weighted by Crippen LogP contribution is 2.28. The Morgan fingerprint density at radius 3 is 2.14 bits per heavy atom. The minimum absolute atomic E-state index is 0.123. The molecule has 0 bridgehead atoms. The van der Waals surface area contributed by atoms with Gasteiger partial charge in [-0.15, -0.1) is 0 Å². The Balaban J connectivity index is 1.94. The Bertz CT molecular complexity index is 904. The van der Waals surface area contributed by atoms with Crippen LogP contribution in [-0.4, -0.2) is 52.1 Å². The van der Waals surface area contributed by atoms with Gasteiger partial charge < -0.3 is 23.7 Å². The van der Waals surface area contributed by atoms with E-state index in [9.17, 15) is 14.4 Å². The van der Waals surface area contributed by atoms with Gasteiger partial charge in [-0.1, -0.05) is 0 Å². The minimum Gasteiger partial charge on any atom is -0.497 e. The normalized spacial score (nSPS) is 10.1. The lowest BCUT2D eigenvalue weighted by Crippen LogP contribution is -2.20. The van der Waals surface area contributed by atoms with Gasteiger partial charge in [0.2, 0.25) is 5.78 Å². The van der Waals surface area contributed by atoms with Crippen molar-refractivity contribution in [3.8, 4) is 23.0 Å². The van der Waals surface area contributed by atoms with Crippen LogP contribution < -0.4 is 18.9 Å². The Hall–Kier alpha value is -3.55. The van der Waals surface area contributed by atoms with Gasteiger partial charge in [0.15, 0.2) is 30.5 Å². The summed E-state index contributed by atoms with van der Waals surface area (Å²) in [6.07, 6.45) is 0. The number of Topliss-reactive ketones (excluding diaryl/α,β-unsaturated/α-hetero) is 2. The average molecular weight is 402 g/mol. The molecule has 0 aliphatic carbocycles.